The molecule has 3 N–H and O–H groups in total. The van der Waals surface area contributed by atoms with Crippen LogP contribution in [0, 0.1) is 6.92 Å². The van der Waals surface area contributed by atoms with Crippen molar-refractivity contribution in [2.75, 3.05) is 5.32 Å². The van der Waals surface area contributed by atoms with Gasteiger partial charge in [-0.05, 0) is 63.8 Å². The molecule has 0 bridgehead atoms. The lowest BCUT2D eigenvalue weighted by molar-refractivity contribution is -0.158. The number of benzene rings is 2. The lowest BCUT2D eigenvalue weighted by Gasteiger charge is -2.28. The summed E-state index contributed by atoms with van der Waals surface area (Å²) >= 11 is 0. The van der Waals surface area contributed by atoms with E-state index in [0.717, 1.165) is 6.42 Å². The van der Waals surface area contributed by atoms with Gasteiger partial charge in [-0.3, -0.25) is 4.79 Å². The molecule has 0 saturated heterocycles. The van der Waals surface area contributed by atoms with Gasteiger partial charge in [-0.2, -0.15) is 0 Å². The van der Waals surface area contributed by atoms with Crippen molar-refractivity contribution in [1.29, 1.82) is 0 Å². The number of aryl methyl sites for hydroxylation is 2. The van der Waals surface area contributed by atoms with Crippen molar-refractivity contribution in [3.05, 3.63) is 59.2 Å². The van der Waals surface area contributed by atoms with Gasteiger partial charge < -0.3 is 20.5 Å². The number of nitrogens with one attached hydrogen (secondary N) is 1. The van der Waals surface area contributed by atoms with Crippen molar-refractivity contribution in [3.63, 3.8) is 0 Å². The summed E-state index contributed by atoms with van der Waals surface area (Å²) in [5, 5.41) is 2.76. The maximum atomic E-state index is 12.6. The van der Waals surface area contributed by atoms with Gasteiger partial charge in [0.2, 0.25) is 0 Å². The Labute approximate surface area is 171 Å². The maximum Gasteiger partial charge on any atom is 0.328 e. The van der Waals surface area contributed by atoms with Crippen molar-refractivity contribution in [1.82, 2.24) is 0 Å². The molecular weight excluding hydrogens is 368 g/mol. The molecule has 1 amide bonds. The van der Waals surface area contributed by atoms with Crippen LogP contribution >= 0.6 is 0 Å². The van der Waals surface area contributed by atoms with Crippen LogP contribution in [0.3, 0.4) is 0 Å². The number of fused-ring (bicyclic) bond motifs is 1. The molecule has 3 rings (SSSR count). The lowest BCUT2D eigenvalue weighted by atomic mass is 9.97. The summed E-state index contributed by atoms with van der Waals surface area (Å²) in [7, 11) is 0. The van der Waals surface area contributed by atoms with Crippen molar-refractivity contribution >= 4 is 17.6 Å². The molecule has 6 nitrogen and oxygen atoms in total. The molecule has 2 unspecified atom stereocenters. The average molecular weight is 396 g/mol. The van der Waals surface area contributed by atoms with Crippen LogP contribution < -0.4 is 15.8 Å². The van der Waals surface area contributed by atoms with Gasteiger partial charge in [0.05, 0.1) is 5.69 Å². The molecule has 154 valence electrons. The second-order valence-electron chi connectivity index (χ2n) is 8.15. The van der Waals surface area contributed by atoms with E-state index in [2.05, 4.69) is 36.5 Å². The molecule has 0 saturated carbocycles. The van der Waals surface area contributed by atoms with Crippen LogP contribution in [0.25, 0.3) is 0 Å². The SMILES string of the molecule is Cc1ccc(CCC(C)(C)OC(=O)C(N)c2ccc3c(c2)NC(=O)C(C)O3)cc1. The Morgan fingerprint density at radius 2 is 1.93 bits per heavy atom. The summed E-state index contributed by atoms with van der Waals surface area (Å²) in [6.07, 6.45) is 0.928. The molecule has 0 radical (unpaired) electrons. The molecule has 2 aromatic carbocycles. The van der Waals surface area contributed by atoms with Gasteiger partial charge >= 0.3 is 5.97 Å². The van der Waals surface area contributed by atoms with E-state index in [1.165, 1.54) is 11.1 Å². The average Bonchev–Trinajstić information content (AvgIpc) is 2.67. The molecule has 0 aliphatic carbocycles. The maximum absolute atomic E-state index is 12.6. The first-order valence-electron chi connectivity index (χ1n) is 9.80. The van der Waals surface area contributed by atoms with Crippen LogP contribution in [0.2, 0.25) is 0 Å². The number of amides is 1. The van der Waals surface area contributed by atoms with Crippen molar-refractivity contribution < 1.29 is 19.1 Å². The number of rotatable bonds is 6. The zero-order valence-electron chi connectivity index (χ0n) is 17.3. The van der Waals surface area contributed by atoms with E-state index in [9.17, 15) is 9.59 Å². The number of hydrogen-bond donors (Lipinski definition) is 2. The van der Waals surface area contributed by atoms with E-state index in [4.69, 9.17) is 15.2 Å². The highest BCUT2D eigenvalue weighted by atomic mass is 16.6. The normalized spacial score (nSPS) is 17.0. The highest BCUT2D eigenvalue weighted by Gasteiger charge is 2.29. The zero-order chi connectivity index (χ0) is 21.2. The summed E-state index contributed by atoms with van der Waals surface area (Å²) in [6, 6.07) is 12.4. The Hall–Kier alpha value is -2.86. The van der Waals surface area contributed by atoms with Crippen LogP contribution in [-0.2, 0) is 20.7 Å². The minimum atomic E-state index is -0.949. The van der Waals surface area contributed by atoms with Gasteiger partial charge in [-0.15, -0.1) is 0 Å². The van der Waals surface area contributed by atoms with E-state index in [1.54, 1.807) is 25.1 Å². The van der Waals surface area contributed by atoms with Gasteiger partial charge in [0.25, 0.3) is 5.91 Å². The Morgan fingerprint density at radius 3 is 2.62 bits per heavy atom. The number of carbonyl (C=O) groups excluding carboxylic acids is 2. The van der Waals surface area contributed by atoms with E-state index in [1.807, 2.05) is 13.8 Å². The number of ether oxygens (including phenoxy) is 2. The van der Waals surface area contributed by atoms with Gasteiger partial charge in [-0.25, -0.2) is 4.79 Å². The Kier molecular flexibility index (Phi) is 5.94. The molecule has 0 aromatic heterocycles. The predicted molar refractivity (Wildman–Crippen MR) is 112 cm³/mol. The van der Waals surface area contributed by atoms with E-state index in [0.29, 0.717) is 23.4 Å². The Balaban J connectivity index is 1.63. The molecular formula is C23H28N2O4. The summed E-state index contributed by atoms with van der Waals surface area (Å²) in [5.41, 5.74) is 8.96. The third kappa shape index (κ3) is 5.15. The third-order valence-corrected chi connectivity index (χ3v) is 5.06. The van der Waals surface area contributed by atoms with Gasteiger partial charge in [-0.1, -0.05) is 35.9 Å². The Bertz CT molecular complexity index is 906. The third-order valence-electron chi connectivity index (χ3n) is 5.06. The van der Waals surface area contributed by atoms with E-state index >= 15 is 0 Å². The number of esters is 1. The molecule has 0 spiro atoms. The fraction of sp³-hybridized carbons (Fsp3) is 0.391. The summed E-state index contributed by atoms with van der Waals surface area (Å²) in [6.45, 7) is 7.49. The lowest BCUT2D eigenvalue weighted by Crippen LogP contribution is -2.35. The highest BCUT2D eigenvalue weighted by molar-refractivity contribution is 5.97. The molecule has 1 aliphatic rings. The van der Waals surface area contributed by atoms with Crippen LogP contribution in [0.4, 0.5) is 5.69 Å². The van der Waals surface area contributed by atoms with Crippen LogP contribution in [0.5, 0.6) is 5.75 Å². The molecule has 29 heavy (non-hydrogen) atoms. The molecule has 6 heteroatoms. The van der Waals surface area contributed by atoms with Crippen molar-refractivity contribution in [2.45, 2.75) is 58.3 Å². The zero-order valence-corrected chi connectivity index (χ0v) is 17.3. The molecule has 2 aromatic rings. The Morgan fingerprint density at radius 1 is 1.24 bits per heavy atom. The highest BCUT2D eigenvalue weighted by Crippen LogP contribution is 2.32. The first kappa shape index (κ1) is 20.9. The number of carbonyl (C=O) groups is 2. The summed E-state index contributed by atoms with van der Waals surface area (Å²) < 4.78 is 11.2. The molecule has 2 atom stereocenters. The van der Waals surface area contributed by atoms with Crippen LogP contribution in [-0.4, -0.2) is 23.6 Å². The molecule has 1 aliphatic heterocycles. The number of anilines is 1. The standard InChI is InChI=1S/C23H28N2O4/c1-14-5-7-16(8-6-14)11-12-23(3,4)29-22(27)20(24)17-9-10-19-18(13-17)25-21(26)15(2)28-19/h5-10,13,15,20H,11-12,24H2,1-4H3,(H,25,26). The number of nitrogens with two attached hydrogens (primary N) is 1. The fourth-order valence-electron chi connectivity index (χ4n) is 3.14. The fourth-order valence-corrected chi connectivity index (χ4v) is 3.14. The van der Waals surface area contributed by atoms with Crippen molar-refractivity contribution in [3.8, 4) is 5.75 Å². The first-order valence-corrected chi connectivity index (χ1v) is 9.80. The molecule has 1 heterocycles. The van der Waals surface area contributed by atoms with E-state index < -0.39 is 23.7 Å². The van der Waals surface area contributed by atoms with Gasteiger partial charge in [0.15, 0.2) is 6.10 Å². The number of hydrogen-bond acceptors (Lipinski definition) is 5. The van der Waals surface area contributed by atoms with Crippen molar-refractivity contribution in [2.24, 2.45) is 5.73 Å². The second kappa shape index (κ2) is 8.25. The smallest absolute Gasteiger partial charge is 0.328 e. The largest absolute Gasteiger partial charge is 0.479 e. The van der Waals surface area contributed by atoms with E-state index in [-0.39, 0.29) is 5.91 Å². The van der Waals surface area contributed by atoms with Crippen LogP contribution in [0.15, 0.2) is 42.5 Å². The van der Waals surface area contributed by atoms with Gasteiger partial charge in [0, 0.05) is 0 Å². The summed E-state index contributed by atoms with van der Waals surface area (Å²) in [4.78, 5) is 24.4. The predicted octanol–water partition coefficient (Wildman–Crippen LogP) is 3.67. The van der Waals surface area contributed by atoms with Gasteiger partial charge in [0.1, 0.15) is 17.4 Å². The molecule has 0 fully saturated rings. The first-order chi connectivity index (χ1) is 13.6. The van der Waals surface area contributed by atoms with Crippen LogP contribution in [0.1, 0.15) is 49.9 Å². The summed E-state index contributed by atoms with van der Waals surface area (Å²) in [5.74, 6) is -0.182. The minimum Gasteiger partial charge on any atom is -0.479 e. The second-order valence-corrected chi connectivity index (χ2v) is 8.15. The quantitative estimate of drug-likeness (QED) is 0.727. The minimum absolute atomic E-state index is 0.233. The topological polar surface area (TPSA) is 90.6 Å². The monoisotopic (exact) mass is 396 g/mol.